The van der Waals surface area contributed by atoms with Crippen LogP contribution in [0.4, 0.5) is 5.69 Å². The van der Waals surface area contributed by atoms with E-state index in [0.29, 0.717) is 17.2 Å². The number of rotatable bonds is 4. The Labute approximate surface area is 158 Å². The third-order valence-electron chi connectivity index (χ3n) is 5.04. The van der Waals surface area contributed by atoms with Gasteiger partial charge in [0.25, 0.3) is 10.0 Å². The number of nitrogens with one attached hydrogen (secondary N) is 1. The Bertz CT molecular complexity index is 875. The van der Waals surface area contributed by atoms with Gasteiger partial charge in [0.05, 0.1) is 12.3 Å². The van der Waals surface area contributed by atoms with E-state index in [2.05, 4.69) is 10.2 Å². The maximum absolute atomic E-state index is 13.0. The number of nitrogens with zero attached hydrogens (tertiary/aromatic N) is 2. The van der Waals surface area contributed by atoms with Crippen LogP contribution < -0.4 is 9.62 Å². The summed E-state index contributed by atoms with van der Waals surface area (Å²) in [6, 6.07) is 7.60. The average molecular weight is 394 g/mol. The van der Waals surface area contributed by atoms with E-state index in [1.54, 1.807) is 12.4 Å². The molecule has 1 atom stereocenters. The molecule has 26 heavy (non-hydrogen) atoms. The normalized spacial score (nSPS) is 22.5. The summed E-state index contributed by atoms with van der Waals surface area (Å²) in [4.78, 5) is 2.73. The number of para-hydroxylation sites is 1. The molecule has 0 radical (unpaired) electrons. The van der Waals surface area contributed by atoms with Gasteiger partial charge >= 0.3 is 0 Å². The summed E-state index contributed by atoms with van der Waals surface area (Å²) in [5.41, 5.74) is 2.32. The summed E-state index contributed by atoms with van der Waals surface area (Å²) in [6.07, 6.45) is -0.366. The molecule has 0 aliphatic carbocycles. The van der Waals surface area contributed by atoms with Gasteiger partial charge in [0, 0.05) is 56.3 Å². The van der Waals surface area contributed by atoms with Crippen molar-refractivity contribution in [2.75, 3.05) is 50.7 Å². The zero-order chi connectivity index (χ0) is 18.1. The van der Waals surface area contributed by atoms with E-state index < -0.39 is 10.0 Å². The fourth-order valence-corrected chi connectivity index (χ4v) is 6.19. The number of ether oxygens (including phenoxy) is 1. The molecule has 1 unspecified atom stereocenters. The number of sulfonamides is 1. The van der Waals surface area contributed by atoms with Gasteiger partial charge in [0.15, 0.2) is 0 Å². The van der Waals surface area contributed by atoms with E-state index in [-0.39, 0.29) is 6.10 Å². The number of piperazine rings is 1. The largest absolute Gasteiger partial charge is 0.367 e. The number of hydrogen-bond donors (Lipinski definition) is 1. The predicted octanol–water partition coefficient (Wildman–Crippen LogP) is 1.90. The fraction of sp³-hybridized carbons (Fsp3) is 0.444. The van der Waals surface area contributed by atoms with E-state index in [4.69, 9.17) is 4.74 Å². The van der Waals surface area contributed by atoms with Crippen molar-refractivity contribution in [3.63, 3.8) is 0 Å². The van der Waals surface area contributed by atoms with E-state index >= 15 is 0 Å². The smallest absolute Gasteiger partial charge is 0.265 e. The first-order valence-electron chi connectivity index (χ1n) is 8.77. The Kier molecular flexibility index (Phi) is 5.02. The highest BCUT2D eigenvalue weighted by atomic mass is 32.2. The van der Waals surface area contributed by atoms with Gasteiger partial charge in [0.1, 0.15) is 11.0 Å². The molecule has 1 fully saturated rings. The molecule has 1 aromatic heterocycles. The molecule has 3 heterocycles. The van der Waals surface area contributed by atoms with E-state index in [1.807, 2.05) is 29.6 Å². The first-order valence-corrected chi connectivity index (χ1v) is 11.2. The molecule has 0 bridgehead atoms. The first kappa shape index (κ1) is 17.9. The van der Waals surface area contributed by atoms with Crippen molar-refractivity contribution in [1.82, 2.24) is 10.2 Å². The molecule has 1 saturated heterocycles. The molecule has 140 valence electrons. The second-order valence-corrected chi connectivity index (χ2v) is 9.25. The molecule has 2 aliphatic heterocycles. The zero-order valence-corrected chi connectivity index (χ0v) is 16.4. The Balaban J connectivity index is 1.64. The van der Waals surface area contributed by atoms with Crippen LogP contribution in [0.1, 0.15) is 17.2 Å². The first-order chi connectivity index (χ1) is 12.6. The van der Waals surface area contributed by atoms with Gasteiger partial charge in [-0.05, 0) is 11.4 Å². The van der Waals surface area contributed by atoms with Crippen molar-refractivity contribution in [2.24, 2.45) is 0 Å². The predicted molar refractivity (Wildman–Crippen MR) is 103 cm³/mol. The number of hydrogen-bond acceptors (Lipinski definition) is 6. The van der Waals surface area contributed by atoms with Crippen LogP contribution in [-0.4, -0.2) is 59.7 Å². The van der Waals surface area contributed by atoms with Gasteiger partial charge in [-0.2, -0.15) is 11.3 Å². The summed E-state index contributed by atoms with van der Waals surface area (Å²) in [5.74, 6) is 0. The number of benzene rings is 1. The van der Waals surface area contributed by atoms with Gasteiger partial charge in [-0.15, -0.1) is 0 Å². The Morgan fingerprint density at radius 3 is 2.77 bits per heavy atom. The lowest BCUT2D eigenvalue weighted by Crippen LogP contribution is -2.44. The third kappa shape index (κ3) is 3.16. The lowest BCUT2D eigenvalue weighted by atomic mass is 10.0. The standard InChI is InChI=1S/C18H23N3O3S2/c1-20-16-5-3-2-4-14(16)18(15-12-25-13-17(15)26(20,22)23)24-11-10-21-8-6-19-7-9-21/h2-5,12-13,18-19H,6-11H2,1H3. The monoisotopic (exact) mass is 393 g/mol. The van der Waals surface area contributed by atoms with Crippen LogP contribution in [-0.2, 0) is 14.8 Å². The van der Waals surface area contributed by atoms with Gasteiger partial charge in [-0.1, -0.05) is 18.2 Å². The molecule has 0 saturated carbocycles. The van der Waals surface area contributed by atoms with Crippen LogP contribution in [0.5, 0.6) is 0 Å². The summed E-state index contributed by atoms with van der Waals surface area (Å²) in [6.45, 7) is 5.46. The third-order valence-corrected chi connectivity index (χ3v) is 7.77. The average Bonchev–Trinajstić information content (AvgIpc) is 3.14. The maximum Gasteiger partial charge on any atom is 0.265 e. The second-order valence-electron chi connectivity index (χ2n) is 6.57. The van der Waals surface area contributed by atoms with Crippen molar-refractivity contribution in [1.29, 1.82) is 0 Å². The maximum atomic E-state index is 13.0. The van der Waals surface area contributed by atoms with Crippen LogP contribution in [0.2, 0.25) is 0 Å². The van der Waals surface area contributed by atoms with Crippen molar-refractivity contribution in [3.8, 4) is 0 Å². The SMILES string of the molecule is CN1c2ccccc2C(OCCN2CCNCC2)c2cscc2S1(=O)=O. The molecule has 1 N–H and O–H groups in total. The highest BCUT2D eigenvalue weighted by Crippen LogP contribution is 2.43. The van der Waals surface area contributed by atoms with Gasteiger partial charge < -0.3 is 10.1 Å². The minimum absolute atomic E-state index is 0.355. The number of anilines is 1. The summed E-state index contributed by atoms with van der Waals surface area (Å²) in [7, 11) is -1.95. The highest BCUT2D eigenvalue weighted by Gasteiger charge is 2.36. The number of thiophene rings is 1. The van der Waals surface area contributed by atoms with E-state index in [9.17, 15) is 8.42 Å². The number of fused-ring (bicyclic) bond motifs is 2. The van der Waals surface area contributed by atoms with Crippen LogP contribution in [0.25, 0.3) is 0 Å². The van der Waals surface area contributed by atoms with Crippen molar-refractivity contribution < 1.29 is 13.2 Å². The molecule has 0 amide bonds. The van der Waals surface area contributed by atoms with Crippen LogP contribution in [0.15, 0.2) is 39.9 Å². The van der Waals surface area contributed by atoms with Crippen LogP contribution in [0.3, 0.4) is 0 Å². The van der Waals surface area contributed by atoms with E-state index in [0.717, 1.165) is 43.9 Å². The van der Waals surface area contributed by atoms with Crippen molar-refractivity contribution >= 4 is 27.0 Å². The Morgan fingerprint density at radius 1 is 1.19 bits per heavy atom. The Morgan fingerprint density at radius 2 is 1.96 bits per heavy atom. The minimum Gasteiger partial charge on any atom is -0.367 e. The van der Waals surface area contributed by atoms with E-state index in [1.165, 1.54) is 15.6 Å². The molecule has 6 nitrogen and oxygen atoms in total. The van der Waals surface area contributed by atoms with Crippen molar-refractivity contribution in [2.45, 2.75) is 11.0 Å². The minimum atomic E-state index is -3.56. The summed E-state index contributed by atoms with van der Waals surface area (Å²) in [5, 5.41) is 6.96. The van der Waals surface area contributed by atoms with Gasteiger partial charge in [-0.3, -0.25) is 9.21 Å². The molecular formula is C18H23N3O3S2. The topological polar surface area (TPSA) is 61.9 Å². The molecular weight excluding hydrogens is 370 g/mol. The molecule has 2 aliphatic rings. The van der Waals surface area contributed by atoms with Gasteiger partial charge in [-0.25, -0.2) is 8.42 Å². The van der Waals surface area contributed by atoms with Gasteiger partial charge in [0.2, 0.25) is 0 Å². The summed E-state index contributed by atoms with van der Waals surface area (Å²) < 4.78 is 33.6. The van der Waals surface area contributed by atoms with Crippen molar-refractivity contribution in [3.05, 3.63) is 46.2 Å². The summed E-state index contributed by atoms with van der Waals surface area (Å²) >= 11 is 1.40. The second kappa shape index (κ2) is 7.28. The van der Waals surface area contributed by atoms with Crippen LogP contribution in [0, 0.1) is 0 Å². The molecule has 1 aromatic carbocycles. The molecule has 2 aromatic rings. The quantitative estimate of drug-likeness (QED) is 0.860. The zero-order valence-electron chi connectivity index (χ0n) is 14.7. The van der Waals surface area contributed by atoms with Crippen LogP contribution >= 0.6 is 11.3 Å². The lowest BCUT2D eigenvalue weighted by Gasteiger charge is -2.28. The Hall–Kier alpha value is -1.45. The fourth-order valence-electron chi connectivity index (χ4n) is 3.55. The lowest BCUT2D eigenvalue weighted by molar-refractivity contribution is 0.0566. The molecule has 8 heteroatoms. The molecule has 4 rings (SSSR count). The molecule has 0 spiro atoms. The highest BCUT2D eigenvalue weighted by molar-refractivity contribution is 7.93.